The first-order valence-electron chi connectivity index (χ1n) is 6.49. The van der Waals surface area contributed by atoms with E-state index < -0.39 is 0 Å². The summed E-state index contributed by atoms with van der Waals surface area (Å²) in [5.41, 5.74) is 1.14. The predicted octanol–water partition coefficient (Wildman–Crippen LogP) is 1.90. The van der Waals surface area contributed by atoms with Gasteiger partial charge in [-0.2, -0.15) is 0 Å². The Balaban J connectivity index is 1.76. The van der Waals surface area contributed by atoms with Crippen molar-refractivity contribution in [2.45, 2.75) is 19.8 Å². The molecule has 0 aliphatic carbocycles. The second-order valence-corrected chi connectivity index (χ2v) is 5.40. The highest BCUT2D eigenvalue weighted by Gasteiger charge is 2.44. The van der Waals surface area contributed by atoms with E-state index in [4.69, 9.17) is 4.74 Å². The molecule has 1 spiro atoms. The monoisotopic (exact) mass is 246 g/mol. The summed E-state index contributed by atoms with van der Waals surface area (Å²) in [6, 6.07) is 3.68. The van der Waals surface area contributed by atoms with E-state index in [1.54, 1.807) is 13.1 Å². The minimum atomic E-state index is 0.0889. The highest BCUT2D eigenvalue weighted by Crippen LogP contribution is 2.42. The Kier molecular flexibility index (Phi) is 2.82. The highest BCUT2D eigenvalue weighted by molar-refractivity contribution is 5.98. The van der Waals surface area contributed by atoms with E-state index in [0.717, 1.165) is 50.5 Å². The molecule has 1 aromatic heterocycles. The zero-order chi connectivity index (χ0) is 12.6. The standard InChI is InChI=1S/C14H18N2O2/c1-11(17)12-3-2-6-15-13(12)16-9-14(10-16)4-7-18-8-5-14/h2-3,6H,4-5,7-10H2,1H3. The van der Waals surface area contributed by atoms with Crippen molar-refractivity contribution in [3.8, 4) is 0 Å². The summed E-state index contributed by atoms with van der Waals surface area (Å²) < 4.78 is 5.42. The van der Waals surface area contributed by atoms with Crippen LogP contribution < -0.4 is 4.90 Å². The summed E-state index contributed by atoms with van der Waals surface area (Å²) in [6.45, 7) is 5.36. The molecule has 0 aromatic carbocycles. The van der Waals surface area contributed by atoms with E-state index in [1.807, 2.05) is 12.1 Å². The number of ketones is 1. The Morgan fingerprint density at radius 3 is 2.78 bits per heavy atom. The Hall–Kier alpha value is -1.42. The van der Waals surface area contributed by atoms with Gasteiger partial charge in [0.2, 0.25) is 0 Å². The van der Waals surface area contributed by atoms with E-state index in [9.17, 15) is 4.79 Å². The Bertz CT molecular complexity index is 459. The van der Waals surface area contributed by atoms with Crippen molar-refractivity contribution in [1.29, 1.82) is 0 Å². The average molecular weight is 246 g/mol. The molecule has 0 radical (unpaired) electrons. The molecule has 2 saturated heterocycles. The second kappa shape index (κ2) is 4.35. The fraction of sp³-hybridized carbons (Fsp3) is 0.571. The number of pyridine rings is 1. The van der Waals surface area contributed by atoms with Crippen molar-refractivity contribution in [1.82, 2.24) is 4.98 Å². The quantitative estimate of drug-likeness (QED) is 0.747. The first-order chi connectivity index (χ1) is 8.70. The van der Waals surface area contributed by atoms with Crippen molar-refractivity contribution < 1.29 is 9.53 Å². The topological polar surface area (TPSA) is 42.4 Å². The minimum absolute atomic E-state index is 0.0889. The fourth-order valence-corrected chi connectivity index (χ4v) is 2.96. The molecule has 3 heterocycles. The number of rotatable bonds is 2. The molecule has 0 saturated carbocycles. The van der Waals surface area contributed by atoms with Crippen molar-refractivity contribution in [2.75, 3.05) is 31.2 Å². The Labute approximate surface area is 107 Å². The van der Waals surface area contributed by atoms with Gasteiger partial charge in [0.25, 0.3) is 0 Å². The lowest BCUT2D eigenvalue weighted by Crippen LogP contribution is -2.59. The number of ether oxygens (including phenoxy) is 1. The summed E-state index contributed by atoms with van der Waals surface area (Å²) in [5, 5.41) is 0. The van der Waals surface area contributed by atoms with Gasteiger partial charge in [-0.15, -0.1) is 0 Å². The molecule has 0 amide bonds. The van der Waals surface area contributed by atoms with Crippen LogP contribution in [-0.2, 0) is 4.74 Å². The number of aromatic nitrogens is 1. The molecule has 4 nitrogen and oxygen atoms in total. The molecule has 3 rings (SSSR count). The van der Waals surface area contributed by atoms with Crippen LogP contribution in [0.25, 0.3) is 0 Å². The molecule has 2 aliphatic heterocycles. The molecule has 4 heteroatoms. The molecule has 0 unspecified atom stereocenters. The Morgan fingerprint density at radius 1 is 1.39 bits per heavy atom. The van der Waals surface area contributed by atoms with Gasteiger partial charge in [-0.25, -0.2) is 4.98 Å². The lowest BCUT2D eigenvalue weighted by Gasteiger charge is -2.53. The number of anilines is 1. The summed E-state index contributed by atoms with van der Waals surface area (Å²) in [7, 11) is 0. The molecular weight excluding hydrogens is 228 g/mol. The van der Waals surface area contributed by atoms with Crippen LogP contribution in [0.4, 0.5) is 5.82 Å². The van der Waals surface area contributed by atoms with Crippen molar-refractivity contribution in [3.63, 3.8) is 0 Å². The van der Waals surface area contributed by atoms with Crippen LogP contribution in [0.15, 0.2) is 18.3 Å². The number of hydrogen-bond acceptors (Lipinski definition) is 4. The summed E-state index contributed by atoms with van der Waals surface area (Å²) in [5.74, 6) is 0.938. The van der Waals surface area contributed by atoms with Crippen LogP contribution in [0, 0.1) is 5.41 Å². The molecule has 18 heavy (non-hydrogen) atoms. The third-order valence-corrected chi connectivity index (χ3v) is 4.07. The number of nitrogens with zero attached hydrogens (tertiary/aromatic N) is 2. The molecule has 1 aromatic rings. The predicted molar refractivity (Wildman–Crippen MR) is 68.9 cm³/mol. The van der Waals surface area contributed by atoms with Gasteiger partial charge in [0.15, 0.2) is 5.78 Å². The summed E-state index contributed by atoms with van der Waals surface area (Å²) in [4.78, 5) is 18.2. The van der Waals surface area contributed by atoms with E-state index in [1.165, 1.54) is 0 Å². The minimum Gasteiger partial charge on any atom is -0.381 e. The fourth-order valence-electron chi connectivity index (χ4n) is 2.96. The second-order valence-electron chi connectivity index (χ2n) is 5.40. The molecule has 2 fully saturated rings. The van der Waals surface area contributed by atoms with Gasteiger partial charge in [-0.1, -0.05) is 0 Å². The SMILES string of the molecule is CC(=O)c1cccnc1N1CC2(CCOCC2)C1. The molecular formula is C14H18N2O2. The zero-order valence-electron chi connectivity index (χ0n) is 10.7. The summed E-state index contributed by atoms with van der Waals surface area (Å²) >= 11 is 0. The number of carbonyl (C=O) groups excluding carboxylic acids is 1. The average Bonchev–Trinajstić information content (AvgIpc) is 2.37. The number of Topliss-reactive ketones (excluding diaryl/α,β-unsaturated/α-hetero) is 1. The van der Waals surface area contributed by atoms with Gasteiger partial charge in [-0.05, 0) is 31.9 Å². The van der Waals surface area contributed by atoms with Crippen LogP contribution in [0.1, 0.15) is 30.1 Å². The maximum atomic E-state index is 11.6. The van der Waals surface area contributed by atoms with Gasteiger partial charge >= 0.3 is 0 Å². The van der Waals surface area contributed by atoms with E-state index >= 15 is 0 Å². The third-order valence-electron chi connectivity index (χ3n) is 4.07. The van der Waals surface area contributed by atoms with Crippen molar-refractivity contribution >= 4 is 11.6 Å². The molecule has 96 valence electrons. The van der Waals surface area contributed by atoms with E-state index in [2.05, 4.69) is 9.88 Å². The lowest BCUT2D eigenvalue weighted by atomic mass is 9.73. The largest absolute Gasteiger partial charge is 0.381 e. The lowest BCUT2D eigenvalue weighted by molar-refractivity contribution is -0.000509. The van der Waals surface area contributed by atoms with Crippen molar-refractivity contribution in [3.05, 3.63) is 23.9 Å². The zero-order valence-corrected chi connectivity index (χ0v) is 10.7. The molecule has 2 aliphatic rings. The number of carbonyl (C=O) groups is 1. The highest BCUT2D eigenvalue weighted by atomic mass is 16.5. The van der Waals surface area contributed by atoms with Crippen LogP contribution in [0.2, 0.25) is 0 Å². The van der Waals surface area contributed by atoms with Gasteiger partial charge in [-0.3, -0.25) is 4.79 Å². The maximum absolute atomic E-state index is 11.6. The third kappa shape index (κ3) is 1.90. The van der Waals surface area contributed by atoms with Crippen LogP contribution in [0.5, 0.6) is 0 Å². The smallest absolute Gasteiger partial charge is 0.163 e. The first-order valence-corrected chi connectivity index (χ1v) is 6.49. The van der Waals surface area contributed by atoms with Gasteiger partial charge in [0.05, 0.1) is 5.56 Å². The van der Waals surface area contributed by atoms with Gasteiger partial charge < -0.3 is 9.64 Å². The first kappa shape index (κ1) is 11.7. The van der Waals surface area contributed by atoms with Gasteiger partial charge in [0.1, 0.15) is 5.82 Å². The molecule has 0 N–H and O–H groups in total. The van der Waals surface area contributed by atoms with Crippen LogP contribution in [0.3, 0.4) is 0 Å². The van der Waals surface area contributed by atoms with Crippen molar-refractivity contribution in [2.24, 2.45) is 5.41 Å². The Morgan fingerprint density at radius 2 is 2.11 bits per heavy atom. The molecule has 0 atom stereocenters. The summed E-state index contributed by atoms with van der Waals surface area (Å²) in [6.07, 6.45) is 4.02. The number of hydrogen-bond donors (Lipinski definition) is 0. The normalized spacial score (nSPS) is 21.7. The van der Waals surface area contributed by atoms with Crippen LogP contribution >= 0.6 is 0 Å². The van der Waals surface area contributed by atoms with Gasteiger partial charge in [0, 0.05) is 37.9 Å². The molecule has 0 bridgehead atoms. The maximum Gasteiger partial charge on any atom is 0.163 e. The van der Waals surface area contributed by atoms with E-state index in [-0.39, 0.29) is 5.78 Å². The van der Waals surface area contributed by atoms with Crippen LogP contribution in [-0.4, -0.2) is 37.1 Å². The van der Waals surface area contributed by atoms with E-state index in [0.29, 0.717) is 5.41 Å².